The van der Waals surface area contributed by atoms with E-state index in [4.69, 9.17) is 17.3 Å². The third-order valence-electron chi connectivity index (χ3n) is 3.30. The third kappa shape index (κ3) is 1.88. The number of halogens is 1. The number of aliphatic hydroxyl groups is 1. The normalized spacial score (nSPS) is 30.3. The van der Waals surface area contributed by atoms with E-state index < -0.39 is 5.60 Å². The number of pyridine rings is 1. The Morgan fingerprint density at radius 1 is 1.69 bits per heavy atom. The molecule has 4 N–H and O–H groups in total. The zero-order chi connectivity index (χ0) is 11.8. The summed E-state index contributed by atoms with van der Waals surface area (Å²) in [5.41, 5.74) is 5.54. The highest BCUT2D eigenvalue weighted by atomic mass is 35.5. The second-order valence-corrected chi connectivity index (χ2v) is 4.80. The molecule has 0 bridgehead atoms. The van der Waals surface area contributed by atoms with Crippen molar-refractivity contribution in [3.8, 4) is 0 Å². The second kappa shape index (κ2) is 4.20. The number of nitrogens with zero attached hydrogens (tertiary/aromatic N) is 1. The van der Waals surface area contributed by atoms with Gasteiger partial charge in [0.1, 0.15) is 5.82 Å². The van der Waals surface area contributed by atoms with Crippen LogP contribution >= 0.6 is 11.6 Å². The number of rotatable bonds is 1. The number of hydrogen-bond donors (Lipinski definition) is 3. The van der Waals surface area contributed by atoms with Crippen molar-refractivity contribution in [1.82, 2.24) is 10.3 Å². The number of nitrogens with one attached hydrogen (secondary N) is 1. The monoisotopic (exact) mass is 241 g/mol. The minimum absolute atomic E-state index is 0.0869. The molecule has 0 aliphatic carbocycles. The van der Waals surface area contributed by atoms with Gasteiger partial charge in [0, 0.05) is 24.2 Å². The fraction of sp³-hybridized carbons (Fsp3) is 0.545. The summed E-state index contributed by atoms with van der Waals surface area (Å²) in [6.07, 6.45) is 2.12. The molecule has 2 rings (SSSR count). The zero-order valence-electron chi connectivity index (χ0n) is 9.20. The Morgan fingerprint density at radius 3 is 3.12 bits per heavy atom. The van der Waals surface area contributed by atoms with Crippen molar-refractivity contribution in [3.05, 3.63) is 22.8 Å². The second-order valence-electron chi connectivity index (χ2n) is 4.37. The van der Waals surface area contributed by atoms with Gasteiger partial charge in [0.15, 0.2) is 0 Å². The largest absolute Gasteiger partial charge is 0.385 e. The predicted molar refractivity (Wildman–Crippen MR) is 64.2 cm³/mol. The van der Waals surface area contributed by atoms with Gasteiger partial charge in [-0.15, -0.1) is 0 Å². The number of nitrogens with two attached hydrogens (primary N) is 1. The number of nitrogen functional groups attached to an aromatic ring is 1. The minimum Gasteiger partial charge on any atom is -0.385 e. The van der Waals surface area contributed by atoms with E-state index in [1.54, 1.807) is 6.07 Å². The van der Waals surface area contributed by atoms with Crippen LogP contribution in [0.2, 0.25) is 5.02 Å². The highest BCUT2D eigenvalue weighted by Crippen LogP contribution is 2.38. The van der Waals surface area contributed by atoms with Gasteiger partial charge in [0.25, 0.3) is 0 Å². The van der Waals surface area contributed by atoms with E-state index in [9.17, 15) is 5.11 Å². The molecule has 1 aliphatic heterocycles. The van der Waals surface area contributed by atoms with E-state index in [1.165, 1.54) is 6.20 Å². The van der Waals surface area contributed by atoms with Crippen LogP contribution in [-0.4, -0.2) is 23.2 Å². The van der Waals surface area contributed by atoms with Crippen LogP contribution in [-0.2, 0) is 5.60 Å². The van der Waals surface area contributed by atoms with Gasteiger partial charge in [0.05, 0.1) is 10.6 Å². The lowest BCUT2D eigenvalue weighted by molar-refractivity contribution is -0.0387. The molecular formula is C11H16ClN3O. The van der Waals surface area contributed by atoms with Gasteiger partial charge in [-0.2, -0.15) is 0 Å². The molecule has 88 valence electrons. The first kappa shape index (κ1) is 11.6. The maximum atomic E-state index is 10.7. The van der Waals surface area contributed by atoms with Crippen molar-refractivity contribution < 1.29 is 5.11 Å². The fourth-order valence-electron chi connectivity index (χ4n) is 2.21. The molecule has 0 amide bonds. The highest BCUT2D eigenvalue weighted by Gasteiger charge is 2.39. The number of piperidine rings is 1. The molecule has 0 spiro atoms. The number of anilines is 1. The summed E-state index contributed by atoms with van der Waals surface area (Å²) in [5, 5.41) is 14.4. The number of hydrogen-bond acceptors (Lipinski definition) is 4. The maximum absolute atomic E-state index is 10.7. The highest BCUT2D eigenvalue weighted by molar-refractivity contribution is 6.30. The van der Waals surface area contributed by atoms with Gasteiger partial charge in [0.2, 0.25) is 0 Å². The summed E-state index contributed by atoms with van der Waals surface area (Å²) in [7, 11) is 0. The average Bonchev–Trinajstić information content (AvgIpc) is 2.26. The van der Waals surface area contributed by atoms with Crippen molar-refractivity contribution >= 4 is 17.4 Å². The summed E-state index contributed by atoms with van der Waals surface area (Å²) in [6, 6.07) is 1.71. The molecule has 4 nitrogen and oxygen atoms in total. The zero-order valence-corrected chi connectivity index (χ0v) is 9.96. The van der Waals surface area contributed by atoms with Gasteiger partial charge in [-0.25, -0.2) is 4.98 Å². The Hall–Kier alpha value is -0.840. The Kier molecular flexibility index (Phi) is 3.06. The van der Waals surface area contributed by atoms with Crippen LogP contribution in [0.15, 0.2) is 12.3 Å². The first-order valence-electron chi connectivity index (χ1n) is 5.38. The summed E-state index contributed by atoms with van der Waals surface area (Å²) >= 11 is 5.90. The summed E-state index contributed by atoms with van der Waals surface area (Å²) in [6.45, 7) is 3.53. The van der Waals surface area contributed by atoms with Gasteiger partial charge < -0.3 is 16.2 Å². The topological polar surface area (TPSA) is 71.2 Å². The van der Waals surface area contributed by atoms with E-state index in [0.29, 0.717) is 22.8 Å². The minimum atomic E-state index is -0.923. The Bertz CT molecular complexity index is 399. The van der Waals surface area contributed by atoms with E-state index >= 15 is 0 Å². The molecule has 2 unspecified atom stereocenters. The van der Waals surface area contributed by atoms with Crippen LogP contribution < -0.4 is 11.1 Å². The maximum Gasteiger partial charge on any atom is 0.129 e. The Morgan fingerprint density at radius 2 is 2.44 bits per heavy atom. The predicted octanol–water partition coefficient (Wildman–Crippen LogP) is 1.13. The summed E-state index contributed by atoms with van der Waals surface area (Å²) in [4.78, 5) is 4.00. The Labute approximate surface area is 99.8 Å². The molecule has 1 aromatic rings. The molecule has 0 saturated carbocycles. The molecule has 2 atom stereocenters. The fourth-order valence-corrected chi connectivity index (χ4v) is 2.37. The van der Waals surface area contributed by atoms with Crippen LogP contribution in [0.4, 0.5) is 5.82 Å². The molecule has 1 fully saturated rings. The first-order valence-corrected chi connectivity index (χ1v) is 5.76. The smallest absolute Gasteiger partial charge is 0.129 e. The van der Waals surface area contributed by atoms with E-state index in [1.807, 2.05) is 6.92 Å². The third-order valence-corrected chi connectivity index (χ3v) is 3.51. The van der Waals surface area contributed by atoms with Crippen LogP contribution in [0.1, 0.15) is 18.9 Å². The lowest BCUT2D eigenvalue weighted by Crippen LogP contribution is -2.47. The molecule has 1 aromatic heterocycles. The lowest BCUT2D eigenvalue weighted by atomic mass is 9.78. The molecule has 1 saturated heterocycles. The molecule has 2 heterocycles. The van der Waals surface area contributed by atoms with Crippen LogP contribution in [0.3, 0.4) is 0 Å². The molecule has 0 radical (unpaired) electrons. The van der Waals surface area contributed by atoms with Crippen LogP contribution in [0.25, 0.3) is 0 Å². The molecular weight excluding hydrogens is 226 g/mol. The van der Waals surface area contributed by atoms with Crippen molar-refractivity contribution in [3.63, 3.8) is 0 Å². The van der Waals surface area contributed by atoms with Gasteiger partial charge in [-0.05, 0) is 19.0 Å². The SMILES string of the molecule is CC1CNCCC1(O)c1cc(Cl)cnc1N. The first-order chi connectivity index (χ1) is 7.54. The van der Waals surface area contributed by atoms with Gasteiger partial charge in [-0.1, -0.05) is 18.5 Å². The molecule has 16 heavy (non-hydrogen) atoms. The van der Waals surface area contributed by atoms with E-state index in [0.717, 1.165) is 13.1 Å². The average molecular weight is 242 g/mol. The molecule has 1 aliphatic rings. The molecule has 0 aromatic carbocycles. The summed E-state index contributed by atoms with van der Waals surface area (Å²) in [5.74, 6) is 0.449. The lowest BCUT2D eigenvalue weighted by Gasteiger charge is -2.39. The van der Waals surface area contributed by atoms with Crippen molar-refractivity contribution in [2.24, 2.45) is 5.92 Å². The van der Waals surface area contributed by atoms with Crippen molar-refractivity contribution in [2.75, 3.05) is 18.8 Å². The van der Waals surface area contributed by atoms with Crippen molar-refractivity contribution in [1.29, 1.82) is 0 Å². The Balaban J connectivity index is 2.44. The quantitative estimate of drug-likeness (QED) is 0.690. The van der Waals surface area contributed by atoms with Gasteiger partial charge >= 0.3 is 0 Å². The van der Waals surface area contributed by atoms with E-state index in [-0.39, 0.29) is 5.92 Å². The van der Waals surface area contributed by atoms with Crippen molar-refractivity contribution in [2.45, 2.75) is 18.9 Å². The van der Waals surface area contributed by atoms with Crippen LogP contribution in [0, 0.1) is 5.92 Å². The van der Waals surface area contributed by atoms with Gasteiger partial charge in [-0.3, -0.25) is 0 Å². The standard InChI is InChI=1S/C11H16ClN3O/c1-7-5-14-3-2-11(7,16)9-4-8(12)6-15-10(9)13/h4,6-7,14,16H,2-3,5H2,1H3,(H2,13,15). The summed E-state index contributed by atoms with van der Waals surface area (Å²) < 4.78 is 0. The van der Waals surface area contributed by atoms with Crippen LogP contribution in [0.5, 0.6) is 0 Å². The van der Waals surface area contributed by atoms with E-state index in [2.05, 4.69) is 10.3 Å². The molecule has 5 heteroatoms. The number of aromatic nitrogens is 1.